The van der Waals surface area contributed by atoms with E-state index in [1.54, 1.807) is 37.3 Å². The normalized spacial score (nSPS) is 11.6. The number of hydrogen-bond acceptors (Lipinski definition) is 4. The van der Waals surface area contributed by atoms with E-state index in [1.807, 2.05) is 0 Å². The molecule has 17 heavy (non-hydrogen) atoms. The monoisotopic (exact) mass is 234 g/mol. The number of esters is 1. The Kier molecular flexibility index (Phi) is 4.57. The average molecular weight is 234 g/mol. The number of hydrogen-bond donors (Lipinski definition) is 0. The van der Waals surface area contributed by atoms with Crippen molar-refractivity contribution < 1.29 is 19.1 Å². The molecule has 0 N–H and O–H groups in total. The van der Waals surface area contributed by atoms with Crippen LogP contribution in [-0.4, -0.2) is 24.1 Å². The Morgan fingerprint density at radius 1 is 1.18 bits per heavy atom. The van der Waals surface area contributed by atoms with Gasteiger partial charge in [-0.3, -0.25) is 14.4 Å². The number of ketones is 2. The summed E-state index contributed by atoms with van der Waals surface area (Å²) < 4.78 is 4.73. The van der Waals surface area contributed by atoms with Crippen LogP contribution in [0.1, 0.15) is 24.2 Å². The molecule has 1 aromatic rings. The van der Waals surface area contributed by atoms with Gasteiger partial charge in [0, 0.05) is 5.56 Å². The summed E-state index contributed by atoms with van der Waals surface area (Å²) in [7, 11) is 0. The molecule has 4 heteroatoms. The fourth-order valence-electron chi connectivity index (χ4n) is 1.45. The number of ether oxygens (including phenoxy) is 1. The first kappa shape index (κ1) is 13.1. The Morgan fingerprint density at radius 2 is 1.76 bits per heavy atom. The zero-order valence-corrected chi connectivity index (χ0v) is 9.80. The molecule has 0 aliphatic heterocycles. The molecule has 0 heterocycles. The van der Waals surface area contributed by atoms with Gasteiger partial charge in [-0.25, -0.2) is 0 Å². The van der Waals surface area contributed by atoms with Crippen molar-refractivity contribution in [3.63, 3.8) is 0 Å². The molecule has 90 valence electrons. The van der Waals surface area contributed by atoms with E-state index < -0.39 is 23.5 Å². The lowest BCUT2D eigenvalue weighted by molar-refractivity contribution is -0.148. The largest absolute Gasteiger partial charge is 0.465 e. The Bertz CT molecular complexity index is 422. The highest BCUT2D eigenvalue weighted by atomic mass is 16.5. The van der Waals surface area contributed by atoms with E-state index >= 15 is 0 Å². The Balaban J connectivity index is 2.97. The third-order valence-electron chi connectivity index (χ3n) is 2.25. The van der Waals surface area contributed by atoms with E-state index in [1.165, 1.54) is 6.92 Å². The Labute approximate surface area is 99.6 Å². The first-order chi connectivity index (χ1) is 8.07. The summed E-state index contributed by atoms with van der Waals surface area (Å²) in [6.07, 6.45) is 0. The van der Waals surface area contributed by atoms with E-state index in [9.17, 15) is 14.4 Å². The number of benzene rings is 1. The van der Waals surface area contributed by atoms with Gasteiger partial charge >= 0.3 is 5.97 Å². The summed E-state index contributed by atoms with van der Waals surface area (Å²) in [5, 5.41) is 0. The molecule has 0 saturated heterocycles. The fraction of sp³-hybridized carbons (Fsp3) is 0.308. The quantitative estimate of drug-likeness (QED) is 0.441. The van der Waals surface area contributed by atoms with Gasteiger partial charge in [-0.1, -0.05) is 30.3 Å². The molecule has 4 nitrogen and oxygen atoms in total. The molecular weight excluding hydrogens is 220 g/mol. The van der Waals surface area contributed by atoms with E-state index in [0.717, 1.165) is 0 Å². The molecule has 0 aromatic heterocycles. The van der Waals surface area contributed by atoms with Gasteiger partial charge in [-0.2, -0.15) is 0 Å². The maximum absolute atomic E-state index is 12.0. The smallest absolute Gasteiger partial charge is 0.324 e. The minimum atomic E-state index is -1.35. The summed E-state index contributed by atoms with van der Waals surface area (Å²) >= 11 is 0. The minimum absolute atomic E-state index is 0.144. The summed E-state index contributed by atoms with van der Waals surface area (Å²) in [6, 6.07) is 8.24. The van der Waals surface area contributed by atoms with Crippen molar-refractivity contribution in [2.24, 2.45) is 5.92 Å². The van der Waals surface area contributed by atoms with Gasteiger partial charge in [0.05, 0.1) is 6.61 Å². The summed E-state index contributed by atoms with van der Waals surface area (Å²) in [5.41, 5.74) is 0.334. The molecule has 0 bridgehead atoms. The zero-order valence-electron chi connectivity index (χ0n) is 9.80. The molecule has 1 atom stereocenters. The molecule has 0 aliphatic rings. The third-order valence-corrected chi connectivity index (χ3v) is 2.25. The van der Waals surface area contributed by atoms with Crippen LogP contribution < -0.4 is 0 Å². The SMILES string of the molecule is CCOC(=O)[C@@H](C(C)=O)C(=O)c1ccccc1. The second kappa shape index (κ2) is 5.94. The van der Waals surface area contributed by atoms with Crippen molar-refractivity contribution in [2.75, 3.05) is 6.61 Å². The highest BCUT2D eigenvalue weighted by molar-refractivity contribution is 6.21. The topological polar surface area (TPSA) is 60.4 Å². The third kappa shape index (κ3) is 3.24. The predicted octanol–water partition coefficient (Wildman–Crippen LogP) is 1.64. The van der Waals surface area contributed by atoms with Gasteiger partial charge in [0.25, 0.3) is 0 Å². The predicted molar refractivity (Wildman–Crippen MR) is 61.6 cm³/mol. The van der Waals surface area contributed by atoms with Crippen molar-refractivity contribution in [3.8, 4) is 0 Å². The number of Topliss-reactive ketones (excluding diaryl/α,β-unsaturated/α-hetero) is 2. The van der Waals surface area contributed by atoms with Crippen LogP contribution in [0.25, 0.3) is 0 Å². The molecule has 0 unspecified atom stereocenters. The van der Waals surface area contributed by atoms with Crippen LogP contribution in [0.3, 0.4) is 0 Å². The highest BCUT2D eigenvalue weighted by Crippen LogP contribution is 2.12. The van der Waals surface area contributed by atoms with Crippen LogP contribution in [0.15, 0.2) is 30.3 Å². The van der Waals surface area contributed by atoms with Crippen LogP contribution in [0.2, 0.25) is 0 Å². The van der Waals surface area contributed by atoms with E-state index in [-0.39, 0.29) is 6.61 Å². The number of carbonyl (C=O) groups is 3. The van der Waals surface area contributed by atoms with Crippen molar-refractivity contribution in [2.45, 2.75) is 13.8 Å². The molecule has 1 rings (SSSR count). The fourth-order valence-corrected chi connectivity index (χ4v) is 1.45. The Morgan fingerprint density at radius 3 is 2.24 bits per heavy atom. The molecule has 0 fully saturated rings. The van der Waals surface area contributed by atoms with Crippen molar-refractivity contribution in [1.29, 1.82) is 0 Å². The van der Waals surface area contributed by atoms with Crippen LogP contribution in [0, 0.1) is 5.92 Å². The standard InChI is InChI=1S/C13H14O4/c1-3-17-13(16)11(9(2)14)12(15)10-7-5-4-6-8-10/h4-8,11H,3H2,1-2H3/t11-/m0/s1. The van der Waals surface area contributed by atoms with Crippen LogP contribution in [-0.2, 0) is 14.3 Å². The molecule has 0 amide bonds. The molecule has 0 saturated carbocycles. The van der Waals surface area contributed by atoms with Crippen LogP contribution >= 0.6 is 0 Å². The van der Waals surface area contributed by atoms with Crippen molar-refractivity contribution in [1.82, 2.24) is 0 Å². The molecule has 0 radical (unpaired) electrons. The summed E-state index contributed by atoms with van der Waals surface area (Å²) in [6.45, 7) is 2.98. The minimum Gasteiger partial charge on any atom is -0.465 e. The molecular formula is C13H14O4. The van der Waals surface area contributed by atoms with Crippen molar-refractivity contribution in [3.05, 3.63) is 35.9 Å². The number of rotatable bonds is 5. The van der Waals surface area contributed by atoms with Gasteiger partial charge in [0.1, 0.15) is 0 Å². The first-order valence-corrected chi connectivity index (χ1v) is 5.34. The molecule has 0 aliphatic carbocycles. The molecule has 1 aromatic carbocycles. The lowest BCUT2D eigenvalue weighted by Gasteiger charge is -2.11. The lowest BCUT2D eigenvalue weighted by Crippen LogP contribution is -2.32. The summed E-state index contributed by atoms with van der Waals surface area (Å²) in [5.74, 6) is -3.15. The van der Waals surface area contributed by atoms with Crippen molar-refractivity contribution >= 4 is 17.5 Å². The lowest BCUT2D eigenvalue weighted by atomic mass is 9.94. The first-order valence-electron chi connectivity index (χ1n) is 5.34. The van der Waals surface area contributed by atoms with Gasteiger partial charge in [0.15, 0.2) is 17.5 Å². The second-order valence-corrected chi connectivity index (χ2v) is 3.53. The van der Waals surface area contributed by atoms with Crippen LogP contribution in [0.5, 0.6) is 0 Å². The van der Waals surface area contributed by atoms with E-state index in [0.29, 0.717) is 5.56 Å². The second-order valence-electron chi connectivity index (χ2n) is 3.53. The highest BCUT2D eigenvalue weighted by Gasteiger charge is 2.32. The summed E-state index contributed by atoms with van der Waals surface area (Å²) in [4.78, 5) is 34.9. The maximum Gasteiger partial charge on any atom is 0.324 e. The van der Waals surface area contributed by atoms with Gasteiger partial charge < -0.3 is 4.74 Å². The maximum atomic E-state index is 12.0. The molecule has 0 spiro atoms. The van der Waals surface area contributed by atoms with Crippen LogP contribution in [0.4, 0.5) is 0 Å². The van der Waals surface area contributed by atoms with E-state index in [2.05, 4.69) is 0 Å². The van der Waals surface area contributed by atoms with Gasteiger partial charge in [-0.15, -0.1) is 0 Å². The van der Waals surface area contributed by atoms with E-state index in [4.69, 9.17) is 4.74 Å². The van der Waals surface area contributed by atoms with Gasteiger partial charge in [-0.05, 0) is 13.8 Å². The Hall–Kier alpha value is -1.97. The van der Waals surface area contributed by atoms with Gasteiger partial charge in [0.2, 0.25) is 0 Å². The number of carbonyl (C=O) groups excluding carboxylic acids is 3. The average Bonchev–Trinajstić information content (AvgIpc) is 2.30. The zero-order chi connectivity index (χ0) is 12.8.